The summed E-state index contributed by atoms with van der Waals surface area (Å²) in [5.41, 5.74) is 6.14. The Morgan fingerprint density at radius 2 is 1.64 bits per heavy atom. The molecule has 3 aromatic carbocycles. The molecule has 0 aromatic heterocycles. The highest BCUT2D eigenvalue weighted by molar-refractivity contribution is 7.92. The topological polar surface area (TPSA) is 66.5 Å². The van der Waals surface area contributed by atoms with Gasteiger partial charge in [-0.25, -0.2) is 8.42 Å². The normalized spacial score (nSPS) is 15.4. The van der Waals surface area contributed by atoms with Crippen molar-refractivity contribution in [2.45, 2.75) is 57.9 Å². The number of carbonyl (C=O) groups excluding carboxylic acids is 1. The summed E-state index contributed by atoms with van der Waals surface area (Å²) in [6.45, 7) is 7.98. The van der Waals surface area contributed by atoms with Gasteiger partial charge in [-0.2, -0.15) is 0 Å². The number of nitrogens with one attached hydrogen (secondary N) is 1. The lowest BCUT2D eigenvalue weighted by molar-refractivity contribution is 0.102. The van der Waals surface area contributed by atoms with Gasteiger partial charge in [0.05, 0.1) is 10.6 Å². The zero-order valence-corrected chi connectivity index (χ0v) is 20.4. The molecule has 3 aromatic rings. The van der Waals surface area contributed by atoms with Crippen molar-refractivity contribution in [2.24, 2.45) is 0 Å². The number of carbonyl (C=O) groups is 1. The Bertz CT molecular complexity index is 1280. The molecule has 4 rings (SSSR count). The van der Waals surface area contributed by atoms with Crippen molar-refractivity contribution in [2.75, 3.05) is 9.62 Å². The maximum Gasteiger partial charge on any atom is 0.264 e. The van der Waals surface area contributed by atoms with E-state index in [9.17, 15) is 13.2 Å². The molecule has 0 saturated carbocycles. The highest BCUT2D eigenvalue weighted by atomic mass is 32.2. The van der Waals surface area contributed by atoms with E-state index in [-0.39, 0.29) is 16.8 Å². The third-order valence-corrected chi connectivity index (χ3v) is 8.25. The van der Waals surface area contributed by atoms with Gasteiger partial charge in [0.25, 0.3) is 15.9 Å². The number of benzene rings is 3. The molecule has 1 aliphatic heterocycles. The summed E-state index contributed by atoms with van der Waals surface area (Å²) in [7, 11) is -3.68. The molecule has 6 heteroatoms. The van der Waals surface area contributed by atoms with Crippen molar-refractivity contribution in [3.63, 3.8) is 0 Å². The van der Waals surface area contributed by atoms with Crippen LogP contribution in [0.15, 0.2) is 65.6 Å². The fraction of sp³-hybridized carbons (Fsp3) is 0.296. The standard InChI is InChI=1S/C27H30N2O3S/c1-5-20-8-7-9-21(6-2)26(20)28-27(30)22-12-15-25-23(17-22)16-19(4)29(25)33(31,32)24-13-10-18(3)11-14-24/h7-15,17,19H,5-6,16H2,1-4H3,(H,28,30)/t19-/m1/s1. The first kappa shape index (κ1) is 23.1. The van der Waals surface area contributed by atoms with Crippen LogP contribution >= 0.6 is 0 Å². The molecule has 0 saturated heterocycles. The number of hydrogen-bond acceptors (Lipinski definition) is 3. The molecule has 0 spiro atoms. The van der Waals surface area contributed by atoms with Gasteiger partial charge in [0, 0.05) is 17.3 Å². The van der Waals surface area contributed by atoms with Crippen molar-refractivity contribution in [3.05, 3.63) is 88.5 Å². The lowest BCUT2D eigenvalue weighted by atomic mass is 10.0. The van der Waals surface area contributed by atoms with Crippen LogP contribution in [-0.4, -0.2) is 20.4 Å². The maximum atomic E-state index is 13.4. The number of amides is 1. The number of sulfonamides is 1. The van der Waals surface area contributed by atoms with Crippen molar-refractivity contribution < 1.29 is 13.2 Å². The minimum Gasteiger partial charge on any atom is -0.321 e. The molecule has 0 unspecified atom stereocenters. The summed E-state index contributed by atoms with van der Waals surface area (Å²) < 4.78 is 28.2. The third-order valence-electron chi connectivity index (χ3n) is 6.31. The smallest absolute Gasteiger partial charge is 0.264 e. The Kier molecular flexibility index (Phi) is 6.30. The van der Waals surface area contributed by atoms with Gasteiger partial charge in [0.15, 0.2) is 0 Å². The molecular weight excluding hydrogens is 432 g/mol. The Labute approximate surface area is 196 Å². The zero-order valence-electron chi connectivity index (χ0n) is 19.6. The average molecular weight is 463 g/mol. The van der Waals surface area contributed by atoms with Crippen LogP contribution < -0.4 is 9.62 Å². The molecule has 1 aliphatic rings. The highest BCUT2D eigenvalue weighted by Gasteiger charge is 2.36. The number of fused-ring (bicyclic) bond motifs is 1. The van der Waals surface area contributed by atoms with Crippen LogP contribution in [0.2, 0.25) is 0 Å². The number of rotatable bonds is 6. The van der Waals surface area contributed by atoms with Crippen LogP contribution in [0.3, 0.4) is 0 Å². The van der Waals surface area contributed by atoms with E-state index in [0.29, 0.717) is 17.7 Å². The van der Waals surface area contributed by atoms with Crippen LogP contribution in [-0.2, 0) is 29.3 Å². The predicted octanol–water partition coefficient (Wildman–Crippen LogP) is 5.51. The van der Waals surface area contributed by atoms with Gasteiger partial charge in [-0.1, -0.05) is 49.7 Å². The van der Waals surface area contributed by atoms with Gasteiger partial charge < -0.3 is 5.32 Å². The molecule has 33 heavy (non-hydrogen) atoms. The average Bonchev–Trinajstić information content (AvgIpc) is 3.15. The van der Waals surface area contributed by atoms with Gasteiger partial charge >= 0.3 is 0 Å². The Morgan fingerprint density at radius 1 is 1.00 bits per heavy atom. The first-order chi connectivity index (χ1) is 15.8. The molecule has 1 atom stereocenters. The second-order valence-corrected chi connectivity index (χ2v) is 10.4. The Hall–Kier alpha value is -3.12. The lowest BCUT2D eigenvalue weighted by Crippen LogP contribution is -2.35. The van der Waals surface area contributed by atoms with E-state index in [4.69, 9.17) is 0 Å². The van der Waals surface area contributed by atoms with E-state index < -0.39 is 10.0 Å². The predicted molar refractivity (Wildman–Crippen MR) is 134 cm³/mol. The van der Waals surface area contributed by atoms with E-state index in [2.05, 4.69) is 19.2 Å². The molecule has 0 bridgehead atoms. The maximum absolute atomic E-state index is 13.4. The molecule has 172 valence electrons. The van der Waals surface area contributed by atoms with Gasteiger partial charge in [0.2, 0.25) is 0 Å². The number of aryl methyl sites for hydroxylation is 3. The molecule has 1 heterocycles. The largest absolute Gasteiger partial charge is 0.321 e. The number of anilines is 2. The highest BCUT2D eigenvalue weighted by Crippen LogP contribution is 2.37. The van der Waals surface area contributed by atoms with Crippen molar-refractivity contribution in [1.29, 1.82) is 0 Å². The molecule has 5 nitrogen and oxygen atoms in total. The fourth-order valence-corrected chi connectivity index (χ4v) is 6.22. The summed E-state index contributed by atoms with van der Waals surface area (Å²) >= 11 is 0. The van der Waals surface area contributed by atoms with Gasteiger partial charge in [-0.05, 0) is 80.1 Å². The quantitative estimate of drug-likeness (QED) is 0.525. The SMILES string of the molecule is CCc1cccc(CC)c1NC(=O)c1ccc2c(c1)C[C@@H](C)N2S(=O)(=O)c1ccc(C)cc1. The summed E-state index contributed by atoms with van der Waals surface area (Å²) in [5, 5.41) is 3.10. The molecular formula is C27H30N2O3S. The van der Waals surface area contributed by atoms with Crippen LogP contribution in [0.1, 0.15) is 53.4 Å². The second-order valence-electron chi connectivity index (χ2n) is 8.62. The van der Waals surface area contributed by atoms with E-state index in [1.54, 1.807) is 36.4 Å². The number of para-hydroxylation sites is 1. The van der Waals surface area contributed by atoms with E-state index in [1.807, 2.05) is 38.1 Å². The summed E-state index contributed by atoms with van der Waals surface area (Å²) in [6.07, 6.45) is 2.22. The second kappa shape index (κ2) is 9.02. The first-order valence-electron chi connectivity index (χ1n) is 11.4. The van der Waals surface area contributed by atoms with E-state index >= 15 is 0 Å². The van der Waals surface area contributed by atoms with Gasteiger partial charge in [-0.15, -0.1) is 0 Å². The van der Waals surface area contributed by atoms with Crippen LogP contribution in [0.5, 0.6) is 0 Å². The van der Waals surface area contributed by atoms with Crippen LogP contribution in [0, 0.1) is 6.92 Å². The molecule has 0 radical (unpaired) electrons. The van der Waals surface area contributed by atoms with E-state index in [1.165, 1.54) is 4.31 Å². The van der Waals surface area contributed by atoms with E-state index in [0.717, 1.165) is 40.8 Å². The zero-order chi connectivity index (χ0) is 23.8. The van der Waals surface area contributed by atoms with Crippen molar-refractivity contribution >= 4 is 27.3 Å². The minimum absolute atomic E-state index is 0.180. The molecule has 1 amide bonds. The van der Waals surface area contributed by atoms with Crippen LogP contribution in [0.4, 0.5) is 11.4 Å². The van der Waals surface area contributed by atoms with Crippen LogP contribution in [0.25, 0.3) is 0 Å². The molecule has 0 aliphatic carbocycles. The number of nitrogens with zero attached hydrogens (tertiary/aromatic N) is 1. The summed E-state index contributed by atoms with van der Waals surface area (Å²) in [4.78, 5) is 13.4. The Balaban J connectivity index is 1.65. The summed E-state index contributed by atoms with van der Waals surface area (Å²) in [5.74, 6) is -0.180. The monoisotopic (exact) mass is 462 g/mol. The third kappa shape index (κ3) is 4.27. The number of hydrogen-bond donors (Lipinski definition) is 1. The minimum atomic E-state index is -3.68. The Morgan fingerprint density at radius 3 is 2.24 bits per heavy atom. The summed E-state index contributed by atoms with van der Waals surface area (Å²) in [6, 6.07) is 18.1. The van der Waals surface area contributed by atoms with Crippen molar-refractivity contribution in [1.82, 2.24) is 0 Å². The molecule has 1 N–H and O–H groups in total. The van der Waals surface area contributed by atoms with Crippen molar-refractivity contribution in [3.8, 4) is 0 Å². The van der Waals surface area contributed by atoms with Gasteiger partial charge in [-0.3, -0.25) is 9.10 Å². The first-order valence-corrected chi connectivity index (χ1v) is 12.9. The lowest BCUT2D eigenvalue weighted by Gasteiger charge is -2.24. The molecule has 0 fully saturated rings. The van der Waals surface area contributed by atoms with Gasteiger partial charge in [0.1, 0.15) is 0 Å². The fourth-order valence-electron chi connectivity index (χ4n) is 4.52.